The lowest BCUT2D eigenvalue weighted by Gasteiger charge is -2.37. The maximum absolute atomic E-state index is 11.6. The molecular formula is C15H20N2O4. The summed E-state index contributed by atoms with van der Waals surface area (Å²) in [7, 11) is 0. The Balaban J connectivity index is 2.24. The lowest BCUT2D eigenvalue weighted by atomic mass is 9.80. The van der Waals surface area contributed by atoms with E-state index in [0.717, 1.165) is 24.1 Å². The number of nitro groups is 1. The number of hydrogen-bond donors (Lipinski definition) is 1. The molecule has 0 radical (unpaired) electrons. The van der Waals surface area contributed by atoms with E-state index in [2.05, 4.69) is 5.32 Å². The molecule has 0 amide bonds. The minimum atomic E-state index is -0.438. The molecular weight excluding hydrogens is 272 g/mol. The third kappa shape index (κ3) is 3.39. The Morgan fingerprint density at radius 3 is 2.95 bits per heavy atom. The van der Waals surface area contributed by atoms with Crippen molar-refractivity contribution in [3.63, 3.8) is 0 Å². The predicted octanol–water partition coefficient (Wildman–Crippen LogP) is 2.30. The van der Waals surface area contributed by atoms with Crippen LogP contribution < -0.4 is 5.32 Å². The Labute approximate surface area is 123 Å². The minimum absolute atomic E-state index is 0.0832. The first-order valence-electron chi connectivity index (χ1n) is 7.15. The van der Waals surface area contributed by atoms with Gasteiger partial charge in [-0.3, -0.25) is 14.9 Å². The molecule has 1 aliphatic heterocycles. The van der Waals surface area contributed by atoms with Gasteiger partial charge in [0.25, 0.3) is 5.69 Å². The maximum atomic E-state index is 11.6. The van der Waals surface area contributed by atoms with Crippen LogP contribution >= 0.6 is 0 Å². The summed E-state index contributed by atoms with van der Waals surface area (Å²) in [5.74, 6) is -0.238. The first kappa shape index (κ1) is 15.4. The summed E-state index contributed by atoms with van der Waals surface area (Å²) in [4.78, 5) is 22.1. The molecule has 6 heteroatoms. The minimum Gasteiger partial charge on any atom is -0.466 e. The number of rotatable bonds is 5. The van der Waals surface area contributed by atoms with Crippen molar-refractivity contribution in [2.45, 2.75) is 38.6 Å². The molecule has 0 fully saturated rings. The van der Waals surface area contributed by atoms with Gasteiger partial charge in [-0.15, -0.1) is 0 Å². The average molecular weight is 292 g/mol. The number of carbonyl (C=O) groups is 1. The lowest BCUT2D eigenvalue weighted by molar-refractivity contribution is -0.385. The number of non-ortho nitro benzene ring substituents is 1. The van der Waals surface area contributed by atoms with Gasteiger partial charge in [0.2, 0.25) is 0 Å². The fourth-order valence-corrected chi connectivity index (χ4v) is 2.79. The van der Waals surface area contributed by atoms with Crippen molar-refractivity contribution in [1.82, 2.24) is 5.32 Å². The zero-order valence-electron chi connectivity index (χ0n) is 12.3. The van der Waals surface area contributed by atoms with E-state index >= 15 is 0 Å². The summed E-state index contributed by atoms with van der Waals surface area (Å²) in [6, 6.07) is 4.97. The van der Waals surface area contributed by atoms with Gasteiger partial charge in [-0.2, -0.15) is 0 Å². The number of fused-ring (bicyclic) bond motifs is 1. The van der Waals surface area contributed by atoms with Crippen LogP contribution in [0.1, 0.15) is 37.8 Å². The van der Waals surface area contributed by atoms with Crippen LogP contribution in [0, 0.1) is 10.1 Å². The van der Waals surface area contributed by atoms with Crippen LogP contribution in [-0.4, -0.2) is 24.0 Å². The van der Waals surface area contributed by atoms with E-state index in [9.17, 15) is 14.9 Å². The van der Waals surface area contributed by atoms with Crippen LogP contribution in [0.3, 0.4) is 0 Å². The SMILES string of the molecule is CCOC(=O)CCC1(C)NCCc2ccc([N+](=O)[O-])cc21. The Bertz CT molecular complexity index is 559. The van der Waals surface area contributed by atoms with Crippen LogP contribution in [0.5, 0.6) is 0 Å². The van der Waals surface area contributed by atoms with Crippen molar-refractivity contribution in [2.75, 3.05) is 13.2 Å². The van der Waals surface area contributed by atoms with E-state index < -0.39 is 5.54 Å². The summed E-state index contributed by atoms with van der Waals surface area (Å²) in [6.07, 6.45) is 1.68. The molecule has 1 heterocycles. The number of ether oxygens (including phenoxy) is 1. The quantitative estimate of drug-likeness (QED) is 0.511. The van der Waals surface area contributed by atoms with Gasteiger partial charge >= 0.3 is 5.97 Å². The molecule has 2 rings (SSSR count). The van der Waals surface area contributed by atoms with Gasteiger partial charge in [0.05, 0.1) is 11.5 Å². The molecule has 0 bridgehead atoms. The maximum Gasteiger partial charge on any atom is 0.305 e. The van der Waals surface area contributed by atoms with E-state index in [4.69, 9.17) is 4.74 Å². The van der Waals surface area contributed by atoms with Gasteiger partial charge in [0, 0.05) is 24.1 Å². The van der Waals surface area contributed by atoms with Gasteiger partial charge in [0.1, 0.15) is 0 Å². The first-order chi connectivity index (χ1) is 9.96. The molecule has 6 nitrogen and oxygen atoms in total. The second-order valence-electron chi connectivity index (χ2n) is 5.41. The third-order valence-corrected chi connectivity index (χ3v) is 3.94. The number of esters is 1. The molecule has 0 aliphatic carbocycles. The van der Waals surface area contributed by atoms with Gasteiger partial charge in [-0.1, -0.05) is 6.07 Å². The van der Waals surface area contributed by atoms with Crippen LogP contribution in [-0.2, 0) is 21.5 Å². The second kappa shape index (κ2) is 6.22. The van der Waals surface area contributed by atoms with Crippen LogP contribution in [0.4, 0.5) is 5.69 Å². The van der Waals surface area contributed by atoms with E-state index in [1.165, 1.54) is 6.07 Å². The normalized spacial score (nSPS) is 20.7. The second-order valence-corrected chi connectivity index (χ2v) is 5.41. The molecule has 0 aromatic heterocycles. The monoisotopic (exact) mass is 292 g/mol. The Hall–Kier alpha value is -1.95. The van der Waals surface area contributed by atoms with Crippen LogP contribution in [0.15, 0.2) is 18.2 Å². The standard InChI is InChI=1S/C15H20N2O4/c1-3-21-14(18)6-8-15(2)13-10-12(17(19)20)5-4-11(13)7-9-16-15/h4-5,10,16H,3,6-9H2,1-2H3. The fourth-order valence-electron chi connectivity index (χ4n) is 2.79. The Morgan fingerprint density at radius 1 is 1.52 bits per heavy atom. The molecule has 21 heavy (non-hydrogen) atoms. The van der Waals surface area contributed by atoms with Crippen molar-refractivity contribution in [3.8, 4) is 0 Å². The molecule has 0 spiro atoms. The number of carbonyl (C=O) groups excluding carboxylic acids is 1. The zero-order chi connectivity index (χ0) is 15.5. The molecule has 0 saturated heterocycles. The van der Waals surface area contributed by atoms with Crippen molar-refractivity contribution in [1.29, 1.82) is 0 Å². The zero-order valence-corrected chi connectivity index (χ0v) is 12.3. The summed E-state index contributed by atoms with van der Waals surface area (Å²) >= 11 is 0. The number of nitrogens with zero attached hydrogens (tertiary/aromatic N) is 1. The van der Waals surface area contributed by atoms with Gasteiger partial charge < -0.3 is 10.1 Å². The van der Waals surface area contributed by atoms with Gasteiger partial charge in [0.15, 0.2) is 0 Å². The summed E-state index contributed by atoms with van der Waals surface area (Å²) in [5.41, 5.74) is 1.66. The van der Waals surface area contributed by atoms with Crippen LogP contribution in [0.25, 0.3) is 0 Å². The fraction of sp³-hybridized carbons (Fsp3) is 0.533. The molecule has 1 aliphatic rings. The van der Waals surface area contributed by atoms with Crippen molar-refractivity contribution in [3.05, 3.63) is 39.4 Å². The molecule has 1 unspecified atom stereocenters. The lowest BCUT2D eigenvalue weighted by Crippen LogP contribution is -2.45. The highest BCUT2D eigenvalue weighted by Gasteiger charge is 2.33. The van der Waals surface area contributed by atoms with E-state index in [-0.39, 0.29) is 16.6 Å². The van der Waals surface area contributed by atoms with E-state index in [0.29, 0.717) is 19.4 Å². The Morgan fingerprint density at radius 2 is 2.29 bits per heavy atom. The molecule has 1 aromatic rings. The number of nitrogens with one attached hydrogen (secondary N) is 1. The molecule has 0 saturated carbocycles. The van der Waals surface area contributed by atoms with Gasteiger partial charge in [-0.05, 0) is 44.4 Å². The highest BCUT2D eigenvalue weighted by molar-refractivity contribution is 5.69. The molecule has 1 aromatic carbocycles. The highest BCUT2D eigenvalue weighted by Crippen LogP contribution is 2.34. The van der Waals surface area contributed by atoms with Crippen molar-refractivity contribution < 1.29 is 14.5 Å². The number of benzene rings is 1. The largest absolute Gasteiger partial charge is 0.466 e. The Kier molecular flexibility index (Phi) is 4.57. The van der Waals surface area contributed by atoms with Crippen molar-refractivity contribution >= 4 is 11.7 Å². The molecule has 1 atom stereocenters. The van der Waals surface area contributed by atoms with Crippen LogP contribution in [0.2, 0.25) is 0 Å². The molecule has 114 valence electrons. The number of nitro benzene ring substituents is 1. The number of hydrogen-bond acceptors (Lipinski definition) is 5. The molecule has 1 N–H and O–H groups in total. The van der Waals surface area contributed by atoms with E-state index in [1.807, 2.05) is 13.0 Å². The van der Waals surface area contributed by atoms with Gasteiger partial charge in [-0.25, -0.2) is 0 Å². The average Bonchev–Trinajstić information content (AvgIpc) is 2.46. The summed E-state index contributed by atoms with van der Waals surface area (Å²) in [5, 5.41) is 14.3. The van der Waals surface area contributed by atoms with Crippen molar-refractivity contribution in [2.24, 2.45) is 0 Å². The summed E-state index contributed by atoms with van der Waals surface area (Å²) in [6.45, 7) is 4.92. The smallest absolute Gasteiger partial charge is 0.305 e. The van der Waals surface area contributed by atoms with E-state index in [1.54, 1.807) is 13.0 Å². The summed E-state index contributed by atoms with van der Waals surface area (Å²) < 4.78 is 4.95. The highest BCUT2D eigenvalue weighted by atomic mass is 16.6. The topological polar surface area (TPSA) is 81.5 Å². The predicted molar refractivity (Wildman–Crippen MR) is 78.0 cm³/mol. The third-order valence-electron chi connectivity index (χ3n) is 3.94. The first-order valence-corrected chi connectivity index (χ1v) is 7.15.